The lowest BCUT2D eigenvalue weighted by atomic mass is 10.0. The molecule has 2 heterocycles. The molecule has 1 aromatic heterocycles. The van der Waals surface area contributed by atoms with Crippen LogP contribution < -0.4 is 10.5 Å². The van der Waals surface area contributed by atoms with Gasteiger partial charge in [-0.2, -0.15) is 0 Å². The Kier molecular flexibility index (Phi) is 8.42. The minimum atomic E-state index is 0. The molecule has 30 heavy (non-hydrogen) atoms. The van der Waals surface area contributed by atoms with Gasteiger partial charge in [0.2, 0.25) is 5.88 Å². The van der Waals surface area contributed by atoms with Crippen LogP contribution in [0.5, 0.6) is 11.6 Å². The Bertz CT molecular complexity index is 874. The zero-order valence-corrected chi connectivity index (χ0v) is 17.6. The molecule has 3 rings (SSSR count). The van der Waals surface area contributed by atoms with Crippen LogP contribution in [0, 0.1) is 5.92 Å². The maximum atomic E-state index is 6.30. The number of ether oxygens (including phenoxy) is 2. The number of allylic oxidation sites excluding steroid dienone is 1. The van der Waals surface area contributed by atoms with Crippen LogP contribution in [0.2, 0.25) is 0 Å². The van der Waals surface area contributed by atoms with Crippen molar-refractivity contribution in [2.24, 2.45) is 16.6 Å². The van der Waals surface area contributed by atoms with E-state index in [-0.39, 0.29) is 13.5 Å². The van der Waals surface area contributed by atoms with Crippen molar-refractivity contribution in [3.05, 3.63) is 59.8 Å². The van der Waals surface area contributed by atoms with Gasteiger partial charge in [-0.3, -0.25) is 0 Å². The van der Waals surface area contributed by atoms with Crippen LogP contribution in [0.15, 0.2) is 59.2 Å². The lowest BCUT2D eigenvalue weighted by Gasteiger charge is -2.37. The van der Waals surface area contributed by atoms with Crippen molar-refractivity contribution in [2.75, 3.05) is 13.2 Å². The number of hydrogen-bond donors (Lipinski definition) is 1. The first-order valence-corrected chi connectivity index (χ1v) is 9.97. The maximum absolute atomic E-state index is 6.30. The summed E-state index contributed by atoms with van der Waals surface area (Å²) in [6.07, 6.45) is 3.80. The lowest BCUT2D eigenvalue weighted by molar-refractivity contribution is 0.0787. The van der Waals surface area contributed by atoms with Crippen molar-refractivity contribution in [2.45, 2.75) is 47.7 Å². The number of aromatic nitrogens is 1. The second kappa shape index (κ2) is 10.8. The Balaban J connectivity index is 0.00000320. The molecule has 0 aliphatic carbocycles. The highest BCUT2D eigenvalue weighted by molar-refractivity contribution is 5.83. The molecule has 2 aromatic rings. The van der Waals surface area contributed by atoms with E-state index in [4.69, 9.17) is 15.2 Å². The first kappa shape index (κ1) is 23.4. The minimum absolute atomic E-state index is 0. The summed E-state index contributed by atoms with van der Waals surface area (Å²) in [5, 5.41) is 0. The van der Waals surface area contributed by atoms with E-state index >= 15 is 0 Å². The molecule has 1 aromatic carbocycles. The Labute approximate surface area is 180 Å². The van der Waals surface area contributed by atoms with Gasteiger partial charge in [-0.25, -0.2) is 9.98 Å². The van der Waals surface area contributed by atoms with Gasteiger partial charge in [0, 0.05) is 18.2 Å². The van der Waals surface area contributed by atoms with E-state index in [0.29, 0.717) is 37.5 Å². The van der Waals surface area contributed by atoms with Crippen molar-refractivity contribution in [3.8, 4) is 11.6 Å². The van der Waals surface area contributed by atoms with Gasteiger partial charge in [0.05, 0.1) is 31.1 Å². The first-order valence-electron chi connectivity index (χ1n) is 9.97. The van der Waals surface area contributed by atoms with Gasteiger partial charge in [0.1, 0.15) is 5.75 Å². The molecule has 0 radical (unpaired) electrons. The molecular weight excluding hydrogens is 376 g/mol. The molecule has 0 bridgehead atoms. The van der Waals surface area contributed by atoms with Crippen LogP contribution in [-0.2, 0) is 11.3 Å². The molecular formula is C24H34N4O2. The molecule has 0 unspecified atom stereocenters. The molecule has 1 aliphatic rings. The van der Waals surface area contributed by atoms with Crippen LogP contribution in [0.4, 0.5) is 5.69 Å². The van der Waals surface area contributed by atoms with Gasteiger partial charge in [-0.15, -0.1) is 0 Å². The zero-order valence-electron chi connectivity index (χ0n) is 17.6. The molecule has 1 atom stereocenters. The van der Waals surface area contributed by atoms with Gasteiger partial charge in [0.15, 0.2) is 5.96 Å². The molecule has 6 heteroatoms. The Morgan fingerprint density at radius 1 is 1.23 bits per heavy atom. The van der Waals surface area contributed by atoms with Crippen LogP contribution in [0.1, 0.15) is 40.7 Å². The summed E-state index contributed by atoms with van der Waals surface area (Å²) >= 11 is 0. The molecule has 0 saturated heterocycles. The molecule has 6 nitrogen and oxygen atoms in total. The summed E-state index contributed by atoms with van der Waals surface area (Å²) in [6.45, 7) is 10.3. The number of guanidine groups is 1. The number of rotatable bonds is 8. The van der Waals surface area contributed by atoms with E-state index in [1.54, 1.807) is 6.20 Å². The summed E-state index contributed by atoms with van der Waals surface area (Å²) < 4.78 is 11.8. The normalized spacial score (nSPS) is 13.8. The van der Waals surface area contributed by atoms with Gasteiger partial charge >= 0.3 is 0 Å². The third-order valence-electron chi connectivity index (χ3n) is 4.84. The Morgan fingerprint density at radius 2 is 1.97 bits per heavy atom. The predicted molar refractivity (Wildman–Crippen MR) is 123 cm³/mol. The van der Waals surface area contributed by atoms with Crippen molar-refractivity contribution >= 4 is 11.6 Å². The van der Waals surface area contributed by atoms with Crippen LogP contribution in [0.25, 0.3) is 0 Å². The fraction of sp³-hybridized carbons (Fsp3) is 0.417. The number of nitrogens with two attached hydrogens (primary N) is 1. The van der Waals surface area contributed by atoms with E-state index in [2.05, 4.69) is 48.6 Å². The number of nitrogens with zero attached hydrogens (tertiary/aromatic N) is 3. The molecule has 162 valence electrons. The van der Waals surface area contributed by atoms with E-state index in [1.807, 2.05) is 36.4 Å². The molecule has 2 N–H and O–H groups in total. The SMILES string of the molecule is C.CC(C)=CCOC[C@@H](C(C)C)N1Cc2cc(Oc3ccccc3)ncc2N=C1N. The number of para-hydroxylation sites is 1. The summed E-state index contributed by atoms with van der Waals surface area (Å²) in [6, 6.07) is 11.7. The third-order valence-corrected chi connectivity index (χ3v) is 4.84. The lowest BCUT2D eigenvalue weighted by Crippen LogP contribution is -2.49. The van der Waals surface area contributed by atoms with Gasteiger partial charge in [0.25, 0.3) is 0 Å². The van der Waals surface area contributed by atoms with Crippen LogP contribution in [0.3, 0.4) is 0 Å². The summed E-state index contributed by atoms with van der Waals surface area (Å²) in [5.74, 6) is 2.16. The highest BCUT2D eigenvalue weighted by atomic mass is 16.5. The van der Waals surface area contributed by atoms with Crippen molar-refractivity contribution < 1.29 is 9.47 Å². The van der Waals surface area contributed by atoms with Crippen molar-refractivity contribution in [3.63, 3.8) is 0 Å². The minimum Gasteiger partial charge on any atom is -0.439 e. The number of hydrogen-bond acceptors (Lipinski definition) is 6. The summed E-state index contributed by atoms with van der Waals surface area (Å²) in [5.41, 5.74) is 9.37. The quantitative estimate of drug-likeness (QED) is 0.473. The predicted octanol–water partition coefficient (Wildman–Crippen LogP) is 5.28. The van der Waals surface area contributed by atoms with Gasteiger partial charge in [-0.1, -0.05) is 51.1 Å². The Hall–Kier alpha value is -2.86. The Morgan fingerprint density at radius 3 is 2.63 bits per heavy atom. The molecule has 0 spiro atoms. The number of aliphatic imine (C=N–C) groups is 1. The number of benzene rings is 1. The summed E-state index contributed by atoms with van der Waals surface area (Å²) in [4.78, 5) is 11.1. The molecule has 0 amide bonds. The van der Waals surface area contributed by atoms with E-state index in [9.17, 15) is 0 Å². The van der Waals surface area contributed by atoms with E-state index in [1.165, 1.54) is 5.57 Å². The third kappa shape index (κ3) is 6.07. The standard InChI is InChI=1S/C23H30N4O2.CH4/c1-16(2)10-11-28-15-21(17(3)4)27-14-18-12-22(25-13-20(18)26-23(27)24)29-19-8-6-5-7-9-19;/h5-10,12-13,17,21H,11,14-15H2,1-4H3,(H2,24,26);1H4/t21-;/m0./s1. The second-order valence-corrected chi connectivity index (χ2v) is 7.79. The topological polar surface area (TPSA) is 73.0 Å². The largest absolute Gasteiger partial charge is 0.439 e. The smallest absolute Gasteiger partial charge is 0.219 e. The van der Waals surface area contributed by atoms with Crippen molar-refractivity contribution in [1.29, 1.82) is 0 Å². The molecule has 0 saturated carbocycles. The average Bonchev–Trinajstić information content (AvgIpc) is 2.68. The molecule has 0 fully saturated rings. The van der Waals surface area contributed by atoms with Gasteiger partial charge < -0.3 is 20.1 Å². The number of pyridine rings is 1. The average molecular weight is 411 g/mol. The zero-order chi connectivity index (χ0) is 20.8. The second-order valence-electron chi connectivity index (χ2n) is 7.79. The van der Waals surface area contributed by atoms with Crippen LogP contribution >= 0.6 is 0 Å². The maximum Gasteiger partial charge on any atom is 0.219 e. The monoisotopic (exact) mass is 410 g/mol. The fourth-order valence-electron chi connectivity index (χ4n) is 3.16. The fourth-order valence-corrected chi connectivity index (χ4v) is 3.16. The van der Waals surface area contributed by atoms with Crippen LogP contribution in [-0.4, -0.2) is 35.1 Å². The first-order chi connectivity index (χ1) is 13.9. The number of fused-ring (bicyclic) bond motifs is 1. The van der Waals surface area contributed by atoms with E-state index < -0.39 is 0 Å². The van der Waals surface area contributed by atoms with E-state index in [0.717, 1.165) is 17.0 Å². The highest BCUT2D eigenvalue weighted by Crippen LogP contribution is 2.31. The summed E-state index contributed by atoms with van der Waals surface area (Å²) in [7, 11) is 0. The van der Waals surface area contributed by atoms with Gasteiger partial charge in [-0.05, 0) is 31.9 Å². The molecule has 1 aliphatic heterocycles. The van der Waals surface area contributed by atoms with Crippen molar-refractivity contribution in [1.82, 2.24) is 9.88 Å². The highest BCUT2D eigenvalue weighted by Gasteiger charge is 2.28.